The van der Waals surface area contributed by atoms with Gasteiger partial charge in [0.15, 0.2) is 9.84 Å². The number of hydrogen-bond acceptors (Lipinski definition) is 7. The standard InChI is InChI=1S/C19H22ClN3O4S/c1-13(21-19(2,24)25)28(26,27)17-9-7-16(8-10-17)23-12-11-18(22-23)14-3-5-15(20)6-4-14/h3-10,13,21,24-25H,11-12H2,1-2H3. The van der Waals surface area contributed by atoms with Gasteiger partial charge in [-0.2, -0.15) is 5.10 Å². The minimum atomic E-state index is -3.77. The molecule has 150 valence electrons. The molecular weight excluding hydrogens is 402 g/mol. The average molecular weight is 424 g/mol. The fraction of sp³-hybridized carbons (Fsp3) is 0.316. The third-order valence-electron chi connectivity index (χ3n) is 4.38. The quantitative estimate of drug-likeness (QED) is 0.616. The van der Waals surface area contributed by atoms with Crippen molar-refractivity contribution in [2.75, 3.05) is 11.6 Å². The van der Waals surface area contributed by atoms with Crippen LogP contribution in [0.15, 0.2) is 58.5 Å². The number of rotatable bonds is 6. The van der Waals surface area contributed by atoms with Crippen molar-refractivity contribution in [1.29, 1.82) is 0 Å². The number of benzene rings is 2. The first-order valence-electron chi connectivity index (χ1n) is 8.74. The molecule has 0 aromatic heterocycles. The molecule has 0 amide bonds. The Morgan fingerprint density at radius 1 is 1.14 bits per heavy atom. The van der Waals surface area contributed by atoms with Gasteiger partial charge in [0, 0.05) is 24.9 Å². The fourth-order valence-corrected chi connectivity index (χ4v) is 4.39. The highest BCUT2D eigenvalue weighted by molar-refractivity contribution is 7.92. The molecule has 0 radical (unpaired) electrons. The lowest BCUT2D eigenvalue weighted by Crippen LogP contribution is -2.49. The van der Waals surface area contributed by atoms with Gasteiger partial charge in [0.05, 0.1) is 16.3 Å². The second-order valence-electron chi connectivity index (χ2n) is 6.77. The Morgan fingerprint density at radius 3 is 2.32 bits per heavy atom. The smallest absolute Gasteiger partial charge is 0.220 e. The summed E-state index contributed by atoms with van der Waals surface area (Å²) in [6.07, 6.45) is 0.772. The average Bonchev–Trinajstić information content (AvgIpc) is 3.11. The molecule has 1 aliphatic rings. The molecule has 2 aromatic carbocycles. The molecule has 3 rings (SSSR count). The summed E-state index contributed by atoms with van der Waals surface area (Å²) in [5, 5.41) is 26.9. The van der Waals surface area contributed by atoms with Crippen LogP contribution in [0.1, 0.15) is 25.8 Å². The second-order valence-corrected chi connectivity index (χ2v) is 9.48. The molecule has 0 saturated carbocycles. The van der Waals surface area contributed by atoms with Crippen molar-refractivity contribution in [3.05, 3.63) is 59.1 Å². The van der Waals surface area contributed by atoms with Gasteiger partial charge in [-0.3, -0.25) is 5.01 Å². The van der Waals surface area contributed by atoms with Crippen LogP contribution in [0.3, 0.4) is 0 Å². The zero-order valence-electron chi connectivity index (χ0n) is 15.5. The number of nitrogens with zero attached hydrogens (tertiary/aromatic N) is 2. The van der Waals surface area contributed by atoms with Crippen LogP contribution in [0, 0.1) is 0 Å². The lowest BCUT2D eigenvalue weighted by molar-refractivity contribution is -0.170. The van der Waals surface area contributed by atoms with Crippen LogP contribution in [0.2, 0.25) is 5.02 Å². The Labute approximate surface area is 169 Å². The van der Waals surface area contributed by atoms with Gasteiger partial charge >= 0.3 is 0 Å². The van der Waals surface area contributed by atoms with Gasteiger partial charge in [-0.15, -0.1) is 0 Å². The predicted octanol–water partition coefficient (Wildman–Crippen LogP) is 2.32. The SMILES string of the molecule is CC(NC(C)(O)O)S(=O)(=O)c1ccc(N2CCC(c3ccc(Cl)cc3)=N2)cc1. The highest BCUT2D eigenvalue weighted by Gasteiger charge is 2.29. The number of hydrazone groups is 1. The van der Waals surface area contributed by atoms with Crippen molar-refractivity contribution in [3.8, 4) is 0 Å². The highest BCUT2D eigenvalue weighted by Crippen LogP contribution is 2.25. The molecule has 0 aliphatic carbocycles. The van der Waals surface area contributed by atoms with Crippen LogP contribution in [-0.2, 0) is 9.84 Å². The summed E-state index contributed by atoms with van der Waals surface area (Å²) in [6, 6.07) is 13.8. The molecule has 1 atom stereocenters. The van der Waals surface area contributed by atoms with Crippen molar-refractivity contribution in [3.63, 3.8) is 0 Å². The molecule has 1 aliphatic heterocycles. The minimum Gasteiger partial charge on any atom is -0.354 e. The molecule has 0 fully saturated rings. The third kappa shape index (κ3) is 4.71. The first kappa shape index (κ1) is 20.8. The van der Waals surface area contributed by atoms with E-state index in [1.807, 2.05) is 29.3 Å². The van der Waals surface area contributed by atoms with E-state index in [9.17, 15) is 18.6 Å². The maximum absolute atomic E-state index is 12.6. The van der Waals surface area contributed by atoms with Gasteiger partial charge in [0.25, 0.3) is 0 Å². The number of nitrogens with one attached hydrogen (secondary N) is 1. The Balaban J connectivity index is 1.77. The molecule has 1 unspecified atom stereocenters. The molecule has 9 heteroatoms. The molecule has 3 N–H and O–H groups in total. The van der Waals surface area contributed by atoms with Gasteiger partial charge in [-0.1, -0.05) is 23.7 Å². The van der Waals surface area contributed by atoms with E-state index in [2.05, 4.69) is 10.4 Å². The number of halogens is 1. The van der Waals surface area contributed by atoms with Crippen LogP contribution >= 0.6 is 11.6 Å². The van der Waals surface area contributed by atoms with Gasteiger partial charge in [0.2, 0.25) is 5.91 Å². The molecule has 28 heavy (non-hydrogen) atoms. The summed E-state index contributed by atoms with van der Waals surface area (Å²) in [5.41, 5.74) is 2.72. The number of sulfone groups is 1. The molecule has 2 aromatic rings. The predicted molar refractivity (Wildman–Crippen MR) is 109 cm³/mol. The molecule has 1 heterocycles. The second kappa shape index (κ2) is 7.81. The first-order valence-corrected chi connectivity index (χ1v) is 10.7. The van der Waals surface area contributed by atoms with Gasteiger partial charge in [0.1, 0.15) is 5.37 Å². The van der Waals surface area contributed by atoms with Crippen LogP contribution in [0.5, 0.6) is 0 Å². The Kier molecular flexibility index (Phi) is 5.79. The Hall–Kier alpha value is -1.97. The van der Waals surface area contributed by atoms with E-state index in [1.165, 1.54) is 19.1 Å². The molecule has 0 bridgehead atoms. The first-order chi connectivity index (χ1) is 13.1. The van der Waals surface area contributed by atoms with E-state index >= 15 is 0 Å². The summed E-state index contributed by atoms with van der Waals surface area (Å²) in [6.45, 7) is 3.11. The van der Waals surface area contributed by atoms with Gasteiger partial charge < -0.3 is 10.2 Å². The number of hydrogen-bond donors (Lipinski definition) is 3. The lowest BCUT2D eigenvalue weighted by Gasteiger charge is -2.23. The molecule has 0 saturated heterocycles. The van der Waals surface area contributed by atoms with E-state index in [0.717, 1.165) is 30.3 Å². The van der Waals surface area contributed by atoms with Crippen molar-refractivity contribution in [2.45, 2.75) is 36.4 Å². The zero-order valence-corrected chi connectivity index (χ0v) is 17.1. The molecule has 0 spiro atoms. The van der Waals surface area contributed by atoms with E-state index in [0.29, 0.717) is 11.6 Å². The van der Waals surface area contributed by atoms with Crippen molar-refractivity contribution in [2.24, 2.45) is 5.10 Å². The van der Waals surface area contributed by atoms with Crippen LogP contribution in [0.25, 0.3) is 0 Å². The Bertz CT molecular complexity index is 968. The van der Waals surface area contributed by atoms with Gasteiger partial charge in [-0.25, -0.2) is 13.7 Å². The van der Waals surface area contributed by atoms with E-state index in [4.69, 9.17) is 11.6 Å². The zero-order chi connectivity index (χ0) is 20.5. The maximum atomic E-state index is 12.6. The largest absolute Gasteiger partial charge is 0.354 e. The van der Waals surface area contributed by atoms with Crippen molar-refractivity contribution in [1.82, 2.24) is 5.32 Å². The van der Waals surface area contributed by atoms with E-state index in [1.54, 1.807) is 12.1 Å². The minimum absolute atomic E-state index is 0.0848. The van der Waals surface area contributed by atoms with E-state index in [-0.39, 0.29) is 4.90 Å². The summed E-state index contributed by atoms with van der Waals surface area (Å²) in [7, 11) is -3.77. The van der Waals surface area contributed by atoms with Crippen LogP contribution in [-0.4, -0.2) is 42.2 Å². The molecule has 7 nitrogen and oxygen atoms in total. The van der Waals surface area contributed by atoms with Crippen molar-refractivity contribution < 1.29 is 18.6 Å². The maximum Gasteiger partial charge on any atom is 0.220 e. The summed E-state index contributed by atoms with van der Waals surface area (Å²) >= 11 is 5.92. The summed E-state index contributed by atoms with van der Waals surface area (Å²) in [4.78, 5) is 0.0848. The number of anilines is 1. The van der Waals surface area contributed by atoms with Crippen LogP contribution in [0.4, 0.5) is 5.69 Å². The normalized spacial score (nSPS) is 16.2. The van der Waals surface area contributed by atoms with Crippen molar-refractivity contribution >= 4 is 32.8 Å². The highest BCUT2D eigenvalue weighted by atomic mass is 35.5. The number of aliphatic hydroxyl groups is 2. The Morgan fingerprint density at radius 2 is 1.75 bits per heavy atom. The van der Waals surface area contributed by atoms with Crippen LogP contribution < -0.4 is 10.3 Å². The van der Waals surface area contributed by atoms with Gasteiger partial charge in [-0.05, 0) is 48.9 Å². The monoisotopic (exact) mass is 423 g/mol. The summed E-state index contributed by atoms with van der Waals surface area (Å²) < 4.78 is 25.1. The van der Waals surface area contributed by atoms with E-state index < -0.39 is 21.1 Å². The summed E-state index contributed by atoms with van der Waals surface area (Å²) in [5.74, 6) is -2.28. The topological polar surface area (TPSA) is 102 Å². The molecular formula is C19H22ClN3O4S. The third-order valence-corrected chi connectivity index (χ3v) is 6.61. The lowest BCUT2D eigenvalue weighted by atomic mass is 10.1. The fourth-order valence-electron chi connectivity index (χ4n) is 2.96.